The number of rotatable bonds is 11. The van der Waals surface area contributed by atoms with Crippen molar-refractivity contribution in [2.75, 3.05) is 10.6 Å². The van der Waals surface area contributed by atoms with Crippen LogP contribution in [0.15, 0.2) is 125 Å². The van der Waals surface area contributed by atoms with Gasteiger partial charge in [-0.3, -0.25) is 29.3 Å². The highest BCUT2D eigenvalue weighted by atomic mass is 35.5. The van der Waals surface area contributed by atoms with Crippen LogP contribution in [0.1, 0.15) is 48.4 Å². The molecule has 0 aliphatic heterocycles. The Morgan fingerprint density at radius 2 is 1.25 bits per heavy atom. The summed E-state index contributed by atoms with van der Waals surface area (Å²) in [5.74, 6) is -1.18. The van der Waals surface area contributed by atoms with Crippen molar-refractivity contribution >= 4 is 62.4 Å². The molecule has 5 aromatic carbocycles. The fourth-order valence-electron chi connectivity index (χ4n) is 6.47. The van der Waals surface area contributed by atoms with Crippen LogP contribution in [0.2, 0.25) is 5.02 Å². The van der Waals surface area contributed by atoms with E-state index in [0.717, 1.165) is 10.8 Å². The number of Topliss-reactive ketones (excluding diaryl/α,β-unsaturated/α-hetero) is 2. The van der Waals surface area contributed by atoms with E-state index in [-0.39, 0.29) is 57.7 Å². The van der Waals surface area contributed by atoms with E-state index in [4.69, 9.17) is 11.6 Å². The van der Waals surface area contributed by atoms with Gasteiger partial charge in [0.05, 0.1) is 16.1 Å². The Kier molecular flexibility index (Phi) is 12.5. The van der Waals surface area contributed by atoms with Crippen LogP contribution in [-0.4, -0.2) is 36.1 Å². The van der Waals surface area contributed by atoms with Gasteiger partial charge in [-0.15, -0.1) is 0 Å². The highest BCUT2D eigenvalue weighted by molar-refractivity contribution is 6.30. The maximum absolute atomic E-state index is 13.7. The number of nitrogens with zero attached hydrogens (tertiary/aromatic N) is 5. The molecule has 59 heavy (non-hydrogen) atoms. The van der Waals surface area contributed by atoms with Gasteiger partial charge in [0, 0.05) is 58.1 Å². The molecule has 0 atom stereocenters. The number of carbonyl (C=O) groups is 2. The Hall–Kier alpha value is -7.32. The number of fused-ring (bicyclic) bond motifs is 1. The van der Waals surface area contributed by atoms with Crippen molar-refractivity contribution in [3.63, 3.8) is 0 Å². The van der Waals surface area contributed by atoms with Gasteiger partial charge in [-0.1, -0.05) is 78.3 Å². The fraction of sp³-hybridized carbons (Fsp3) is 0.136. The topological polar surface area (TPSA) is 171 Å². The quantitative estimate of drug-likeness (QED) is 0.0728. The largest absolute Gasteiger partial charge is 0.350 e. The number of benzene rings is 5. The van der Waals surface area contributed by atoms with Gasteiger partial charge >= 0.3 is 0 Å². The Labute approximate surface area is 341 Å². The summed E-state index contributed by atoms with van der Waals surface area (Å²) in [6.45, 7) is 6.79. The third kappa shape index (κ3) is 8.97. The molecule has 2 heterocycles. The van der Waals surface area contributed by atoms with Gasteiger partial charge in [0.2, 0.25) is 0 Å². The second-order valence-corrected chi connectivity index (χ2v) is 13.6. The van der Waals surface area contributed by atoms with Crippen molar-refractivity contribution in [2.45, 2.75) is 40.8 Å². The van der Waals surface area contributed by atoms with Gasteiger partial charge in [-0.2, -0.15) is 10.2 Å². The summed E-state index contributed by atoms with van der Waals surface area (Å²) in [5, 5.41) is 28.4. The lowest BCUT2D eigenvalue weighted by molar-refractivity contribution is -0.384. The first kappa shape index (κ1) is 41.3. The van der Waals surface area contributed by atoms with Crippen LogP contribution in [0.3, 0.4) is 0 Å². The number of carbonyl (C=O) groups excluding carboxylic acids is 2. The van der Waals surface area contributed by atoms with Crippen LogP contribution in [0.4, 0.5) is 32.8 Å². The Morgan fingerprint density at radius 1 is 0.712 bits per heavy atom. The third-order valence-corrected chi connectivity index (χ3v) is 9.42. The Morgan fingerprint density at radius 3 is 1.83 bits per heavy atom. The number of aromatic nitrogens is 4. The van der Waals surface area contributed by atoms with Crippen LogP contribution < -0.4 is 21.8 Å². The molecular weight excluding hydrogens is 777 g/mol. The maximum Gasteiger partial charge on any atom is 0.291 e. The molecule has 2 N–H and O–H groups in total. The van der Waals surface area contributed by atoms with E-state index in [9.17, 15) is 33.7 Å². The molecule has 7 rings (SSSR count). The lowest BCUT2D eigenvalue weighted by Gasteiger charge is -2.17. The number of nitro benzene ring substituents is 1. The van der Waals surface area contributed by atoms with Crippen molar-refractivity contribution in [3.8, 4) is 22.5 Å². The van der Waals surface area contributed by atoms with E-state index >= 15 is 0 Å². The molecule has 298 valence electrons. The van der Waals surface area contributed by atoms with Crippen molar-refractivity contribution in [3.05, 3.63) is 168 Å². The summed E-state index contributed by atoms with van der Waals surface area (Å²) >= 11 is 6.01. The Bertz CT molecular complexity index is 2890. The standard InChI is InChI=1S/C24H20N4O4.C20H17ClFN3O2/c1-3-27-24(30)23(25-20-13-7-9-16-8-4-5-12-19(16)20)21(15(2)29)22(26-27)17-10-6-11-18(14-17)28(31)32;1-3-25-20(27)19(23-16-9-5-7-14(21)11-16)17(12(2)26)18(24-25)13-6-4-8-15(22)10-13/h4-14,25H,3H2,1-2H3;4-11,23H,3H2,1-2H3. The lowest BCUT2D eigenvalue weighted by Crippen LogP contribution is -2.28. The third-order valence-electron chi connectivity index (χ3n) is 9.19. The summed E-state index contributed by atoms with van der Waals surface area (Å²) in [4.78, 5) is 61.9. The van der Waals surface area contributed by atoms with Crippen molar-refractivity contribution < 1.29 is 18.9 Å². The number of hydrogen-bond donors (Lipinski definition) is 2. The van der Waals surface area contributed by atoms with Crippen molar-refractivity contribution in [2.24, 2.45) is 0 Å². The molecule has 0 amide bonds. The molecule has 0 radical (unpaired) electrons. The van der Waals surface area contributed by atoms with E-state index in [2.05, 4.69) is 20.8 Å². The van der Waals surface area contributed by atoms with Gasteiger partial charge < -0.3 is 10.6 Å². The van der Waals surface area contributed by atoms with Gasteiger partial charge in [0.25, 0.3) is 16.8 Å². The zero-order valence-electron chi connectivity index (χ0n) is 32.3. The summed E-state index contributed by atoms with van der Waals surface area (Å²) in [5.41, 5.74) is 1.83. The first-order valence-corrected chi connectivity index (χ1v) is 18.8. The van der Waals surface area contributed by atoms with Crippen LogP contribution in [-0.2, 0) is 13.1 Å². The van der Waals surface area contributed by atoms with Crippen molar-refractivity contribution in [1.29, 1.82) is 0 Å². The van der Waals surface area contributed by atoms with Crippen LogP contribution in [0, 0.1) is 15.9 Å². The normalized spacial score (nSPS) is 10.7. The number of aryl methyl sites for hydroxylation is 2. The van der Waals surface area contributed by atoms with Gasteiger partial charge in [-0.05, 0) is 69.5 Å². The number of nitro groups is 1. The van der Waals surface area contributed by atoms with Gasteiger partial charge in [-0.25, -0.2) is 13.8 Å². The second-order valence-electron chi connectivity index (χ2n) is 13.2. The van der Waals surface area contributed by atoms with E-state index in [1.807, 2.05) is 42.5 Å². The lowest BCUT2D eigenvalue weighted by atomic mass is 10.0. The zero-order valence-corrected chi connectivity index (χ0v) is 33.1. The molecule has 0 unspecified atom stereocenters. The van der Waals surface area contributed by atoms with E-state index in [1.54, 1.807) is 50.2 Å². The van der Waals surface area contributed by atoms with E-state index in [0.29, 0.717) is 34.1 Å². The fourth-order valence-corrected chi connectivity index (χ4v) is 6.66. The summed E-state index contributed by atoms with van der Waals surface area (Å²) < 4.78 is 16.2. The number of halogens is 2. The van der Waals surface area contributed by atoms with E-state index in [1.165, 1.54) is 59.6 Å². The molecule has 0 aliphatic rings. The Balaban J connectivity index is 0.000000201. The van der Waals surface area contributed by atoms with E-state index < -0.39 is 21.9 Å². The van der Waals surface area contributed by atoms with Crippen LogP contribution in [0.5, 0.6) is 0 Å². The minimum atomic E-state index is -0.512. The average molecular weight is 814 g/mol. The molecule has 0 saturated carbocycles. The van der Waals surface area contributed by atoms with Gasteiger partial charge in [0.1, 0.15) is 28.6 Å². The minimum absolute atomic E-state index is 0.0841. The molecule has 0 fully saturated rings. The first-order valence-electron chi connectivity index (χ1n) is 18.4. The first-order chi connectivity index (χ1) is 28.3. The maximum atomic E-state index is 13.7. The molecule has 0 aliphatic carbocycles. The summed E-state index contributed by atoms with van der Waals surface area (Å²) in [6.07, 6.45) is 0. The zero-order chi connectivity index (χ0) is 42.4. The SMILES string of the molecule is CCn1nc(-c2cccc(F)c2)c(C(C)=O)c(Nc2cccc(Cl)c2)c1=O.CCn1nc(-c2cccc([N+](=O)[O-])c2)c(C(C)=O)c(Nc2cccc3ccccc23)c1=O. The van der Waals surface area contributed by atoms with Crippen molar-refractivity contribution in [1.82, 2.24) is 19.6 Å². The average Bonchev–Trinajstić information content (AvgIpc) is 3.22. The molecule has 15 heteroatoms. The summed E-state index contributed by atoms with van der Waals surface area (Å²) in [6, 6.07) is 31.8. The number of non-ortho nitro benzene ring substituents is 1. The highest BCUT2D eigenvalue weighted by Gasteiger charge is 2.24. The predicted molar refractivity (Wildman–Crippen MR) is 228 cm³/mol. The molecular formula is C44H37ClFN7O6. The summed E-state index contributed by atoms with van der Waals surface area (Å²) in [7, 11) is 0. The van der Waals surface area contributed by atoms with Crippen LogP contribution in [0.25, 0.3) is 33.3 Å². The predicted octanol–water partition coefficient (Wildman–Crippen LogP) is 9.61. The highest BCUT2D eigenvalue weighted by Crippen LogP contribution is 2.33. The molecule has 13 nitrogen and oxygen atoms in total. The number of nitrogens with one attached hydrogen (secondary N) is 2. The minimum Gasteiger partial charge on any atom is -0.350 e. The monoisotopic (exact) mass is 813 g/mol. The molecule has 7 aromatic rings. The molecule has 0 bridgehead atoms. The molecule has 0 spiro atoms. The van der Waals surface area contributed by atoms with Gasteiger partial charge in [0.15, 0.2) is 11.6 Å². The smallest absolute Gasteiger partial charge is 0.291 e. The number of ketones is 2. The molecule has 0 saturated heterocycles. The number of anilines is 4. The second kappa shape index (κ2) is 17.9. The number of hydrogen-bond acceptors (Lipinski definition) is 10. The molecule has 2 aromatic heterocycles. The van der Waals surface area contributed by atoms with Crippen LogP contribution >= 0.6 is 11.6 Å².